The summed E-state index contributed by atoms with van der Waals surface area (Å²) in [5.74, 6) is -0.245. The molecule has 0 bridgehead atoms. The van der Waals surface area contributed by atoms with E-state index in [0.29, 0.717) is 6.42 Å². The standard InChI is InChI=1S/C10H22.C3H7NO.ClH/c1-3-5-7-9-10-8-6-4-2;1-2-3(4)5;/h3-10H2,1-2H3;2H2,1H3,(H2,4,5);1H. The van der Waals surface area contributed by atoms with E-state index in [0.717, 1.165) is 0 Å². The third-order valence-electron chi connectivity index (χ3n) is 2.31. The van der Waals surface area contributed by atoms with Crippen LogP contribution in [-0.2, 0) is 4.79 Å². The Morgan fingerprint density at radius 3 is 1.25 bits per heavy atom. The number of hydrogen-bond donors (Lipinski definition) is 1. The van der Waals surface area contributed by atoms with Crippen molar-refractivity contribution in [3.05, 3.63) is 0 Å². The molecule has 1 amide bonds. The molecular formula is C13H30ClNO. The van der Waals surface area contributed by atoms with Gasteiger partial charge in [0.15, 0.2) is 0 Å². The van der Waals surface area contributed by atoms with Crippen LogP contribution in [-0.4, -0.2) is 5.91 Å². The minimum absolute atomic E-state index is 0. The van der Waals surface area contributed by atoms with E-state index in [1.54, 1.807) is 6.92 Å². The lowest BCUT2D eigenvalue weighted by atomic mass is 10.1. The SMILES string of the molecule is CCC(N)=O.CCCCCCCCCC.Cl. The number of primary amides is 1. The topological polar surface area (TPSA) is 43.1 Å². The van der Waals surface area contributed by atoms with Crippen molar-refractivity contribution < 1.29 is 4.79 Å². The molecule has 2 nitrogen and oxygen atoms in total. The van der Waals surface area contributed by atoms with Crippen molar-refractivity contribution in [1.82, 2.24) is 0 Å². The smallest absolute Gasteiger partial charge is 0.217 e. The number of rotatable bonds is 8. The summed E-state index contributed by atoms with van der Waals surface area (Å²) in [4.78, 5) is 9.59. The molecule has 0 aliphatic heterocycles. The first-order chi connectivity index (χ1) is 7.18. The number of carbonyl (C=O) groups excluding carboxylic acids is 1. The first-order valence-corrected chi connectivity index (χ1v) is 6.47. The summed E-state index contributed by atoms with van der Waals surface area (Å²) in [7, 11) is 0. The van der Waals surface area contributed by atoms with Crippen LogP contribution in [0.2, 0.25) is 0 Å². The van der Waals surface area contributed by atoms with Gasteiger partial charge in [-0.25, -0.2) is 0 Å². The van der Waals surface area contributed by atoms with E-state index in [4.69, 9.17) is 0 Å². The maximum absolute atomic E-state index is 9.59. The summed E-state index contributed by atoms with van der Waals surface area (Å²) >= 11 is 0. The summed E-state index contributed by atoms with van der Waals surface area (Å²) in [6.07, 6.45) is 11.9. The maximum atomic E-state index is 9.59. The van der Waals surface area contributed by atoms with Crippen LogP contribution in [0.4, 0.5) is 0 Å². The van der Waals surface area contributed by atoms with Gasteiger partial charge in [0.05, 0.1) is 0 Å². The molecule has 0 radical (unpaired) electrons. The zero-order valence-corrected chi connectivity index (χ0v) is 12.1. The van der Waals surface area contributed by atoms with Crippen molar-refractivity contribution >= 4 is 18.3 Å². The Morgan fingerprint density at radius 2 is 1.06 bits per heavy atom. The van der Waals surface area contributed by atoms with Gasteiger partial charge < -0.3 is 5.73 Å². The number of carbonyl (C=O) groups is 1. The average molecular weight is 252 g/mol. The molecular weight excluding hydrogens is 222 g/mol. The minimum Gasteiger partial charge on any atom is -0.370 e. The highest BCUT2D eigenvalue weighted by Crippen LogP contribution is 2.07. The van der Waals surface area contributed by atoms with Gasteiger partial charge in [0, 0.05) is 6.42 Å². The van der Waals surface area contributed by atoms with E-state index in [-0.39, 0.29) is 18.3 Å². The molecule has 2 N–H and O–H groups in total. The van der Waals surface area contributed by atoms with Gasteiger partial charge in [0.1, 0.15) is 0 Å². The van der Waals surface area contributed by atoms with Gasteiger partial charge in [0.2, 0.25) is 5.91 Å². The van der Waals surface area contributed by atoms with E-state index in [2.05, 4.69) is 19.6 Å². The van der Waals surface area contributed by atoms with Gasteiger partial charge in [-0.05, 0) is 0 Å². The number of hydrogen-bond acceptors (Lipinski definition) is 1. The normalized spacial score (nSPS) is 8.69. The van der Waals surface area contributed by atoms with Gasteiger partial charge in [0.25, 0.3) is 0 Å². The highest BCUT2D eigenvalue weighted by atomic mass is 35.5. The quantitative estimate of drug-likeness (QED) is 0.637. The molecule has 0 aromatic rings. The molecule has 100 valence electrons. The highest BCUT2D eigenvalue weighted by molar-refractivity contribution is 5.85. The van der Waals surface area contributed by atoms with Crippen molar-refractivity contribution in [1.29, 1.82) is 0 Å². The fourth-order valence-corrected chi connectivity index (χ4v) is 1.21. The fraction of sp³-hybridized carbons (Fsp3) is 0.923. The van der Waals surface area contributed by atoms with Gasteiger partial charge >= 0.3 is 0 Å². The maximum Gasteiger partial charge on any atom is 0.217 e. The molecule has 0 heterocycles. The molecule has 0 saturated heterocycles. The third-order valence-corrected chi connectivity index (χ3v) is 2.31. The monoisotopic (exact) mass is 251 g/mol. The molecule has 0 fully saturated rings. The number of halogens is 1. The van der Waals surface area contributed by atoms with E-state index in [9.17, 15) is 4.79 Å². The lowest BCUT2D eigenvalue weighted by Gasteiger charge is -1.97. The third kappa shape index (κ3) is 29.2. The Bertz CT molecular complexity index is 121. The number of unbranched alkanes of at least 4 members (excludes halogenated alkanes) is 7. The van der Waals surface area contributed by atoms with Gasteiger partial charge in [-0.2, -0.15) is 0 Å². The Labute approximate surface area is 108 Å². The average Bonchev–Trinajstić information content (AvgIpc) is 2.24. The van der Waals surface area contributed by atoms with Crippen molar-refractivity contribution in [3.63, 3.8) is 0 Å². The molecule has 0 saturated carbocycles. The minimum atomic E-state index is -0.245. The highest BCUT2D eigenvalue weighted by Gasteiger charge is 1.87. The van der Waals surface area contributed by atoms with Crippen LogP contribution in [0.3, 0.4) is 0 Å². The van der Waals surface area contributed by atoms with Crippen molar-refractivity contribution in [2.24, 2.45) is 5.73 Å². The van der Waals surface area contributed by atoms with Gasteiger partial charge in [-0.1, -0.05) is 72.1 Å². The molecule has 0 rings (SSSR count). The molecule has 0 aromatic carbocycles. The summed E-state index contributed by atoms with van der Waals surface area (Å²) in [5.41, 5.74) is 4.65. The first-order valence-electron chi connectivity index (χ1n) is 6.47. The second-order valence-corrected chi connectivity index (χ2v) is 3.94. The Morgan fingerprint density at radius 1 is 0.812 bits per heavy atom. The second kappa shape index (κ2) is 20.2. The molecule has 0 aromatic heterocycles. The Hall–Kier alpha value is -0.240. The molecule has 0 aliphatic carbocycles. The summed E-state index contributed by atoms with van der Waals surface area (Å²) in [5, 5.41) is 0. The van der Waals surface area contributed by atoms with Crippen LogP contribution in [0.25, 0.3) is 0 Å². The van der Waals surface area contributed by atoms with Crippen LogP contribution in [0.5, 0.6) is 0 Å². The molecule has 0 unspecified atom stereocenters. The second-order valence-electron chi connectivity index (χ2n) is 3.94. The predicted molar refractivity (Wildman–Crippen MR) is 75.0 cm³/mol. The molecule has 0 atom stereocenters. The van der Waals surface area contributed by atoms with Crippen LogP contribution in [0.15, 0.2) is 0 Å². The lowest BCUT2D eigenvalue weighted by Crippen LogP contribution is -2.06. The number of amides is 1. The van der Waals surface area contributed by atoms with Gasteiger partial charge in [-0.15, -0.1) is 12.4 Å². The van der Waals surface area contributed by atoms with E-state index in [1.807, 2.05) is 0 Å². The van der Waals surface area contributed by atoms with Crippen molar-refractivity contribution in [3.8, 4) is 0 Å². The zero-order valence-electron chi connectivity index (χ0n) is 11.3. The van der Waals surface area contributed by atoms with Crippen LogP contribution < -0.4 is 5.73 Å². The molecule has 0 spiro atoms. The Kier molecular flexibility index (Phi) is 26.6. The van der Waals surface area contributed by atoms with E-state index < -0.39 is 0 Å². The van der Waals surface area contributed by atoms with Crippen LogP contribution >= 0.6 is 12.4 Å². The summed E-state index contributed by atoms with van der Waals surface area (Å²) < 4.78 is 0. The first kappa shape index (κ1) is 21.1. The predicted octanol–water partition coefficient (Wildman–Crippen LogP) is 4.45. The van der Waals surface area contributed by atoms with E-state index >= 15 is 0 Å². The number of nitrogens with two attached hydrogens (primary N) is 1. The fourth-order valence-electron chi connectivity index (χ4n) is 1.21. The van der Waals surface area contributed by atoms with Crippen LogP contribution in [0, 0.1) is 0 Å². The van der Waals surface area contributed by atoms with Gasteiger partial charge in [-0.3, -0.25) is 4.79 Å². The Balaban J connectivity index is -0.000000242. The molecule has 3 heteroatoms. The van der Waals surface area contributed by atoms with Crippen molar-refractivity contribution in [2.45, 2.75) is 78.6 Å². The zero-order chi connectivity index (χ0) is 11.9. The summed E-state index contributed by atoms with van der Waals surface area (Å²) in [6, 6.07) is 0. The summed E-state index contributed by atoms with van der Waals surface area (Å²) in [6.45, 7) is 6.26. The molecule has 16 heavy (non-hydrogen) atoms. The molecule has 0 aliphatic rings. The van der Waals surface area contributed by atoms with Crippen LogP contribution in [0.1, 0.15) is 78.6 Å². The largest absolute Gasteiger partial charge is 0.370 e. The lowest BCUT2D eigenvalue weighted by molar-refractivity contribution is -0.117. The van der Waals surface area contributed by atoms with Crippen molar-refractivity contribution in [2.75, 3.05) is 0 Å². The van der Waals surface area contributed by atoms with E-state index in [1.165, 1.54) is 51.4 Å².